The van der Waals surface area contributed by atoms with E-state index in [2.05, 4.69) is 0 Å². The van der Waals surface area contributed by atoms with Crippen molar-refractivity contribution in [2.45, 2.75) is 68.9 Å². The molecule has 0 aromatic rings. The van der Waals surface area contributed by atoms with Crippen molar-refractivity contribution in [2.75, 3.05) is 6.54 Å². The summed E-state index contributed by atoms with van der Waals surface area (Å²) in [7, 11) is 0. The Kier molecular flexibility index (Phi) is 2.66. The Hall–Kier alpha value is -0.420. The lowest BCUT2D eigenvalue weighted by atomic mass is 9.82. The molecule has 18 heavy (non-hydrogen) atoms. The average molecular weight is 271 g/mol. The van der Waals surface area contributed by atoms with Crippen LogP contribution in [0.1, 0.15) is 52.9 Å². The Bertz CT molecular complexity index is 369. The first-order valence-corrected chi connectivity index (χ1v) is 7.50. The van der Waals surface area contributed by atoms with Crippen LogP contribution in [-0.4, -0.2) is 33.6 Å². The van der Waals surface area contributed by atoms with Crippen molar-refractivity contribution in [3.8, 4) is 0 Å². The molecule has 102 valence electrons. The van der Waals surface area contributed by atoms with Crippen molar-refractivity contribution in [1.29, 1.82) is 0 Å². The van der Waals surface area contributed by atoms with E-state index >= 15 is 0 Å². The number of carbonyl (C=O) groups excluding carboxylic acids is 1. The highest BCUT2D eigenvalue weighted by Crippen LogP contribution is 2.66. The Morgan fingerprint density at radius 3 is 2.33 bits per heavy atom. The lowest BCUT2D eigenvalue weighted by molar-refractivity contribution is -0.127. The molecule has 2 spiro atoms. The molecule has 1 aliphatic carbocycles. The first-order chi connectivity index (χ1) is 8.39. The van der Waals surface area contributed by atoms with Crippen LogP contribution < -0.4 is 0 Å². The zero-order valence-electron chi connectivity index (χ0n) is 11.3. The molecule has 1 unspecified atom stereocenters. The van der Waals surface area contributed by atoms with Crippen LogP contribution in [0.3, 0.4) is 0 Å². The predicted octanol–water partition coefficient (Wildman–Crippen LogP) is 3.31. The highest BCUT2D eigenvalue weighted by molar-refractivity contribution is 7.97. The highest BCUT2D eigenvalue weighted by Gasteiger charge is 2.71. The van der Waals surface area contributed by atoms with Gasteiger partial charge < -0.3 is 8.92 Å². The van der Waals surface area contributed by atoms with Gasteiger partial charge in [-0.25, -0.2) is 4.79 Å². The molecule has 1 saturated carbocycles. The maximum atomic E-state index is 12.2. The number of hydrogen-bond donors (Lipinski definition) is 0. The van der Waals surface area contributed by atoms with Crippen molar-refractivity contribution in [1.82, 2.24) is 4.90 Å². The van der Waals surface area contributed by atoms with Gasteiger partial charge in [0.1, 0.15) is 16.1 Å². The summed E-state index contributed by atoms with van der Waals surface area (Å²) in [5.74, 6) is 0. The van der Waals surface area contributed by atoms with E-state index in [0.29, 0.717) is 0 Å². The molecule has 1 atom stereocenters. The normalized spacial score (nSPS) is 33.4. The predicted molar refractivity (Wildman–Crippen MR) is 70.2 cm³/mol. The summed E-state index contributed by atoms with van der Waals surface area (Å²) in [4.78, 5) is 14.0. The molecule has 0 radical (unpaired) electrons. The lowest BCUT2D eigenvalue weighted by Gasteiger charge is -2.65. The third kappa shape index (κ3) is 1.59. The van der Waals surface area contributed by atoms with Crippen molar-refractivity contribution < 1.29 is 13.7 Å². The quantitative estimate of drug-likeness (QED) is 0.634. The van der Waals surface area contributed by atoms with E-state index in [1.54, 1.807) is 0 Å². The van der Waals surface area contributed by atoms with Gasteiger partial charge in [-0.05, 0) is 33.6 Å². The largest absolute Gasteiger partial charge is 0.444 e. The van der Waals surface area contributed by atoms with Crippen LogP contribution in [0.5, 0.6) is 0 Å². The minimum absolute atomic E-state index is 0.0766. The van der Waals surface area contributed by atoms with Gasteiger partial charge in [0.15, 0.2) is 0 Å². The van der Waals surface area contributed by atoms with Gasteiger partial charge in [-0.2, -0.15) is 0 Å². The number of hydrogen-bond acceptors (Lipinski definition) is 4. The van der Waals surface area contributed by atoms with Crippen LogP contribution in [0.4, 0.5) is 4.79 Å². The smallest absolute Gasteiger partial charge is 0.411 e. The van der Waals surface area contributed by atoms with Gasteiger partial charge in [-0.3, -0.25) is 4.90 Å². The van der Waals surface area contributed by atoms with Gasteiger partial charge in [-0.1, -0.05) is 12.8 Å². The fourth-order valence-corrected chi connectivity index (χ4v) is 4.53. The molecule has 2 heterocycles. The Balaban J connectivity index is 1.73. The van der Waals surface area contributed by atoms with Crippen LogP contribution in [0, 0.1) is 0 Å². The topological polar surface area (TPSA) is 38.8 Å². The zero-order valence-corrected chi connectivity index (χ0v) is 12.1. The van der Waals surface area contributed by atoms with Crippen molar-refractivity contribution in [2.24, 2.45) is 0 Å². The summed E-state index contributed by atoms with van der Waals surface area (Å²) < 4.78 is 11.3. The molecule has 3 rings (SSSR count). The number of fused-ring (bicyclic) bond motifs is 1. The molecule has 3 fully saturated rings. The van der Waals surface area contributed by atoms with E-state index in [9.17, 15) is 4.79 Å². The molecule has 1 amide bonds. The molecule has 2 saturated heterocycles. The Morgan fingerprint density at radius 2 is 1.94 bits per heavy atom. The SMILES string of the molecule is CC(C)(C)OC(=O)N1CCC12SOC21CCCC1. The molecule has 2 aliphatic heterocycles. The van der Waals surface area contributed by atoms with Gasteiger partial charge in [0.25, 0.3) is 0 Å². The average Bonchev–Trinajstić information content (AvgIpc) is 2.61. The third-order valence-corrected chi connectivity index (χ3v) is 5.66. The minimum Gasteiger partial charge on any atom is -0.444 e. The van der Waals surface area contributed by atoms with Crippen molar-refractivity contribution >= 4 is 18.1 Å². The second-order valence-corrected chi connectivity index (χ2v) is 7.54. The molecular formula is C13H21NO3S. The van der Waals surface area contributed by atoms with Gasteiger partial charge in [0.05, 0.1) is 0 Å². The van der Waals surface area contributed by atoms with Gasteiger partial charge in [-0.15, -0.1) is 0 Å². The first kappa shape index (κ1) is 12.6. The molecule has 0 N–H and O–H groups in total. The van der Waals surface area contributed by atoms with Gasteiger partial charge >= 0.3 is 6.09 Å². The number of ether oxygens (including phenoxy) is 1. The summed E-state index contributed by atoms with van der Waals surface area (Å²) in [6.45, 7) is 6.53. The molecule has 0 bridgehead atoms. The highest BCUT2D eigenvalue weighted by atomic mass is 32.2. The van der Waals surface area contributed by atoms with E-state index in [-0.39, 0.29) is 16.6 Å². The van der Waals surface area contributed by atoms with Crippen molar-refractivity contribution in [3.05, 3.63) is 0 Å². The number of carbonyl (C=O) groups is 1. The third-order valence-electron chi connectivity index (χ3n) is 4.19. The number of rotatable bonds is 0. The molecular weight excluding hydrogens is 250 g/mol. The Morgan fingerprint density at radius 1 is 1.28 bits per heavy atom. The van der Waals surface area contributed by atoms with Crippen LogP contribution in [0.2, 0.25) is 0 Å². The maximum Gasteiger partial charge on any atom is 0.411 e. The van der Waals surface area contributed by atoms with Crippen LogP contribution >= 0.6 is 12.0 Å². The maximum absolute atomic E-state index is 12.2. The fraction of sp³-hybridized carbons (Fsp3) is 0.923. The molecule has 0 aromatic carbocycles. The van der Waals surface area contributed by atoms with E-state index in [1.807, 2.05) is 25.7 Å². The number of amides is 1. The fourth-order valence-electron chi connectivity index (χ4n) is 3.22. The van der Waals surface area contributed by atoms with E-state index in [4.69, 9.17) is 8.92 Å². The summed E-state index contributed by atoms with van der Waals surface area (Å²) in [6.07, 6.45) is 5.44. The van der Waals surface area contributed by atoms with E-state index < -0.39 is 5.60 Å². The summed E-state index contributed by atoms with van der Waals surface area (Å²) in [6, 6.07) is 0. The van der Waals surface area contributed by atoms with Gasteiger partial charge in [0.2, 0.25) is 0 Å². The second kappa shape index (κ2) is 3.79. The monoisotopic (exact) mass is 271 g/mol. The van der Waals surface area contributed by atoms with E-state index in [0.717, 1.165) is 25.8 Å². The van der Waals surface area contributed by atoms with Crippen LogP contribution in [-0.2, 0) is 8.92 Å². The lowest BCUT2D eigenvalue weighted by Crippen LogP contribution is -2.76. The number of nitrogens with zero attached hydrogens (tertiary/aromatic N) is 1. The summed E-state index contributed by atoms with van der Waals surface area (Å²) in [5, 5.41) is 0. The van der Waals surface area contributed by atoms with E-state index in [1.165, 1.54) is 24.9 Å². The zero-order chi connectivity index (χ0) is 13.0. The number of likely N-dealkylation sites (tertiary alicyclic amines) is 1. The minimum atomic E-state index is -0.425. The van der Waals surface area contributed by atoms with Crippen molar-refractivity contribution in [3.63, 3.8) is 0 Å². The molecule has 3 aliphatic rings. The van der Waals surface area contributed by atoms with Crippen LogP contribution in [0.15, 0.2) is 0 Å². The molecule has 5 heteroatoms. The van der Waals surface area contributed by atoms with Gasteiger partial charge in [0, 0.05) is 25.0 Å². The Labute approximate surface area is 113 Å². The second-order valence-electron chi connectivity index (χ2n) is 6.53. The standard InChI is InChI=1S/C13H21NO3S/c1-11(2,3)16-10(15)14-9-8-13(14)12(17-18-13)6-4-5-7-12/h4-9H2,1-3H3. The molecule has 0 aromatic heterocycles. The summed E-state index contributed by atoms with van der Waals surface area (Å²) in [5.41, 5.74) is -0.501. The molecule has 4 nitrogen and oxygen atoms in total. The van der Waals surface area contributed by atoms with Crippen LogP contribution in [0.25, 0.3) is 0 Å². The first-order valence-electron chi connectivity index (χ1n) is 6.76. The summed E-state index contributed by atoms with van der Waals surface area (Å²) >= 11 is 1.48.